The summed E-state index contributed by atoms with van der Waals surface area (Å²) in [6.07, 6.45) is 0. The van der Waals surface area contributed by atoms with Crippen molar-refractivity contribution in [3.8, 4) is 11.1 Å². The number of benzene rings is 8. The van der Waals surface area contributed by atoms with E-state index >= 15 is 0 Å². The molecule has 2 heterocycles. The first-order chi connectivity index (χ1) is 23.3. The maximum absolute atomic E-state index is 6.67. The van der Waals surface area contributed by atoms with Gasteiger partial charge in [0.25, 0.3) is 0 Å². The van der Waals surface area contributed by atoms with E-state index in [9.17, 15) is 0 Å². The molecule has 0 atom stereocenters. The summed E-state index contributed by atoms with van der Waals surface area (Å²) < 4.78 is 13.3. The summed E-state index contributed by atoms with van der Waals surface area (Å²) >= 11 is 0. The van der Waals surface area contributed by atoms with Crippen LogP contribution in [0.1, 0.15) is 0 Å². The van der Waals surface area contributed by atoms with Gasteiger partial charge in [-0.15, -0.1) is 0 Å². The Morgan fingerprint density at radius 1 is 0.340 bits per heavy atom. The Labute approximate surface area is 270 Å². The van der Waals surface area contributed by atoms with Crippen LogP contribution in [0.4, 0.5) is 17.1 Å². The highest BCUT2D eigenvalue weighted by Gasteiger charge is 2.24. The van der Waals surface area contributed by atoms with E-state index < -0.39 is 0 Å². The van der Waals surface area contributed by atoms with E-state index in [1.165, 1.54) is 16.3 Å². The Balaban J connectivity index is 1.32. The summed E-state index contributed by atoms with van der Waals surface area (Å²) in [7, 11) is 0. The zero-order chi connectivity index (χ0) is 30.9. The van der Waals surface area contributed by atoms with E-state index in [1.54, 1.807) is 0 Å². The summed E-state index contributed by atoms with van der Waals surface area (Å²) in [5.41, 5.74) is 8.91. The molecule has 220 valence electrons. The summed E-state index contributed by atoms with van der Waals surface area (Å²) in [5, 5.41) is 8.91. The first-order valence-electron chi connectivity index (χ1n) is 15.9. The summed E-state index contributed by atoms with van der Waals surface area (Å²) in [5.74, 6) is 0. The summed E-state index contributed by atoms with van der Waals surface area (Å²) in [6, 6.07) is 57.8. The number of furan rings is 2. The van der Waals surface area contributed by atoms with Crippen molar-refractivity contribution in [3.05, 3.63) is 164 Å². The lowest BCUT2D eigenvalue weighted by Gasteiger charge is -2.27. The fraction of sp³-hybridized carbons (Fsp3) is 0. The molecule has 0 saturated carbocycles. The predicted octanol–water partition coefficient (Wildman–Crippen LogP) is 12.9. The minimum Gasteiger partial charge on any atom is -0.455 e. The van der Waals surface area contributed by atoms with Gasteiger partial charge in [-0.2, -0.15) is 0 Å². The molecule has 2 aromatic heterocycles. The van der Waals surface area contributed by atoms with Crippen molar-refractivity contribution in [3.63, 3.8) is 0 Å². The van der Waals surface area contributed by atoms with Crippen molar-refractivity contribution >= 4 is 82.5 Å². The predicted molar refractivity (Wildman–Crippen MR) is 196 cm³/mol. The second kappa shape index (κ2) is 10.1. The Hall–Kier alpha value is -6.32. The van der Waals surface area contributed by atoms with Crippen LogP contribution in [0.5, 0.6) is 0 Å². The number of hydrogen-bond acceptors (Lipinski definition) is 3. The molecular formula is C44H27NO2. The Morgan fingerprint density at radius 2 is 0.979 bits per heavy atom. The zero-order valence-corrected chi connectivity index (χ0v) is 25.4. The van der Waals surface area contributed by atoms with Gasteiger partial charge in [-0.05, 0) is 64.4 Å². The van der Waals surface area contributed by atoms with E-state index in [1.807, 2.05) is 12.1 Å². The third-order valence-electron chi connectivity index (χ3n) is 9.40. The van der Waals surface area contributed by atoms with E-state index in [0.717, 1.165) is 77.3 Å². The van der Waals surface area contributed by atoms with Crippen LogP contribution in [-0.2, 0) is 0 Å². The van der Waals surface area contributed by atoms with Crippen molar-refractivity contribution in [1.82, 2.24) is 0 Å². The second-order valence-electron chi connectivity index (χ2n) is 12.1. The molecule has 0 unspecified atom stereocenters. The average Bonchev–Trinajstić information content (AvgIpc) is 3.70. The lowest BCUT2D eigenvalue weighted by atomic mass is 10.00. The largest absolute Gasteiger partial charge is 0.455 e. The SMILES string of the molecule is c1ccc(-c2cccc(N(c3cc4c5cc6ccccc6cc5oc4c4ccccc34)c3cccc4c3oc3ccccc34)c2)cc1. The lowest BCUT2D eigenvalue weighted by molar-refractivity contribution is 0.669. The van der Waals surface area contributed by atoms with Gasteiger partial charge in [0.2, 0.25) is 0 Å². The molecule has 47 heavy (non-hydrogen) atoms. The first kappa shape index (κ1) is 26.0. The molecule has 10 rings (SSSR count). The molecule has 0 radical (unpaired) electrons. The minimum atomic E-state index is 0.853. The molecule has 3 heteroatoms. The van der Waals surface area contributed by atoms with Crippen molar-refractivity contribution < 1.29 is 8.83 Å². The van der Waals surface area contributed by atoms with Gasteiger partial charge in [-0.3, -0.25) is 0 Å². The van der Waals surface area contributed by atoms with Crippen molar-refractivity contribution in [2.75, 3.05) is 4.90 Å². The highest BCUT2D eigenvalue weighted by atomic mass is 16.3. The molecule has 3 nitrogen and oxygen atoms in total. The standard InChI is InChI=1S/C44H27NO2/c1-2-12-28(13-3-1)29-16-10-17-32(24-29)45(39-22-11-21-36-34-19-8-9-23-41(34)46-44(36)39)40-27-38-37-25-30-14-4-5-15-31(30)26-42(37)47-43(38)35-20-7-6-18-33(35)40/h1-27H. The number of anilines is 3. The number of para-hydroxylation sites is 2. The quantitative estimate of drug-likeness (QED) is 0.201. The van der Waals surface area contributed by atoms with Gasteiger partial charge in [0.1, 0.15) is 16.7 Å². The molecule has 0 fully saturated rings. The topological polar surface area (TPSA) is 29.5 Å². The van der Waals surface area contributed by atoms with E-state index in [0.29, 0.717) is 0 Å². The van der Waals surface area contributed by atoms with Gasteiger partial charge in [-0.25, -0.2) is 0 Å². The molecule has 0 aliphatic rings. The van der Waals surface area contributed by atoms with E-state index in [-0.39, 0.29) is 0 Å². The normalized spacial score (nSPS) is 11.8. The van der Waals surface area contributed by atoms with Gasteiger partial charge in [0.15, 0.2) is 5.58 Å². The van der Waals surface area contributed by atoms with Gasteiger partial charge >= 0.3 is 0 Å². The van der Waals surface area contributed by atoms with Crippen LogP contribution in [0, 0.1) is 0 Å². The smallest absolute Gasteiger partial charge is 0.159 e. The van der Waals surface area contributed by atoms with Gasteiger partial charge in [0.05, 0.1) is 11.4 Å². The van der Waals surface area contributed by atoms with Crippen LogP contribution < -0.4 is 4.90 Å². The maximum atomic E-state index is 6.67. The fourth-order valence-electron chi connectivity index (χ4n) is 7.22. The fourth-order valence-corrected chi connectivity index (χ4v) is 7.22. The summed E-state index contributed by atoms with van der Waals surface area (Å²) in [4.78, 5) is 2.36. The minimum absolute atomic E-state index is 0.853. The van der Waals surface area contributed by atoms with Gasteiger partial charge in [0, 0.05) is 38.0 Å². The van der Waals surface area contributed by atoms with Crippen LogP contribution in [0.25, 0.3) is 76.5 Å². The highest BCUT2D eigenvalue weighted by molar-refractivity contribution is 6.22. The Kier molecular flexibility index (Phi) is 5.57. The molecule has 8 aromatic carbocycles. The summed E-state index contributed by atoms with van der Waals surface area (Å²) in [6.45, 7) is 0. The highest BCUT2D eigenvalue weighted by Crippen LogP contribution is 2.48. The first-order valence-corrected chi connectivity index (χ1v) is 15.9. The van der Waals surface area contributed by atoms with Crippen molar-refractivity contribution in [2.24, 2.45) is 0 Å². The monoisotopic (exact) mass is 601 g/mol. The van der Waals surface area contributed by atoms with E-state index in [2.05, 4.69) is 157 Å². The number of hydrogen-bond donors (Lipinski definition) is 0. The molecule has 0 saturated heterocycles. The van der Waals surface area contributed by atoms with Crippen molar-refractivity contribution in [2.45, 2.75) is 0 Å². The molecule has 0 spiro atoms. The van der Waals surface area contributed by atoms with Crippen LogP contribution in [0.3, 0.4) is 0 Å². The van der Waals surface area contributed by atoms with Crippen LogP contribution in [0.2, 0.25) is 0 Å². The maximum Gasteiger partial charge on any atom is 0.159 e. The molecular weight excluding hydrogens is 574 g/mol. The number of fused-ring (bicyclic) bond motifs is 9. The average molecular weight is 602 g/mol. The molecule has 0 amide bonds. The van der Waals surface area contributed by atoms with E-state index in [4.69, 9.17) is 8.83 Å². The van der Waals surface area contributed by atoms with Gasteiger partial charge < -0.3 is 13.7 Å². The van der Waals surface area contributed by atoms with Crippen LogP contribution in [-0.4, -0.2) is 0 Å². The molecule has 0 N–H and O–H groups in total. The number of rotatable bonds is 4. The second-order valence-corrected chi connectivity index (χ2v) is 12.1. The van der Waals surface area contributed by atoms with Crippen LogP contribution >= 0.6 is 0 Å². The van der Waals surface area contributed by atoms with Gasteiger partial charge in [-0.1, -0.05) is 121 Å². The van der Waals surface area contributed by atoms with Crippen molar-refractivity contribution in [1.29, 1.82) is 0 Å². The molecule has 10 aromatic rings. The lowest BCUT2D eigenvalue weighted by Crippen LogP contribution is -2.11. The molecule has 0 bridgehead atoms. The van der Waals surface area contributed by atoms with Crippen LogP contribution in [0.15, 0.2) is 173 Å². The Morgan fingerprint density at radius 3 is 1.85 bits per heavy atom. The zero-order valence-electron chi connectivity index (χ0n) is 25.4. The third kappa shape index (κ3) is 4.00. The number of nitrogens with zero attached hydrogens (tertiary/aromatic N) is 1. The Bertz CT molecular complexity index is 2810. The molecule has 0 aliphatic heterocycles. The molecule has 0 aliphatic carbocycles. The third-order valence-corrected chi connectivity index (χ3v) is 9.40.